The Hall–Kier alpha value is -1.15. The summed E-state index contributed by atoms with van der Waals surface area (Å²) in [5, 5.41) is 3.42. The third-order valence-electron chi connectivity index (χ3n) is 4.27. The van der Waals surface area contributed by atoms with E-state index in [1.807, 2.05) is 0 Å². The first-order valence-electron chi connectivity index (χ1n) is 8.44. The Morgan fingerprint density at radius 1 is 1.16 bits per heavy atom. The van der Waals surface area contributed by atoms with Crippen LogP contribution in [0.4, 0.5) is 0 Å². The quantitative estimate of drug-likeness (QED) is 0.424. The maximum absolute atomic E-state index is 12.3. The summed E-state index contributed by atoms with van der Waals surface area (Å²) in [4.78, 5) is 11.6. The fourth-order valence-electron chi connectivity index (χ4n) is 2.94. The van der Waals surface area contributed by atoms with Crippen molar-refractivity contribution in [1.29, 1.82) is 0 Å². The van der Waals surface area contributed by atoms with E-state index in [0.29, 0.717) is 19.1 Å². The van der Waals surface area contributed by atoms with Crippen LogP contribution < -0.4 is 10.0 Å². The van der Waals surface area contributed by atoms with Crippen molar-refractivity contribution in [2.75, 3.05) is 20.2 Å². The molecule has 1 aliphatic rings. The van der Waals surface area contributed by atoms with Gasteiger partial charge in [-0.2, -0.15) is 0 Å². The Kier molecular flexibility index (Phi) is 9.42. The zero-order valence-electron chi connectivity index (χ0n) is 14.5. The van der Waals surface area contributed by atoms with Crippen molar-refractivity contribution in [3.8, 4) is 0 Å². The van der Waals surface area contributed by atoms with Crippen LogP contribution in [0.5, 0.6) is 0 Å². The van der Waals surface area contributed by atoms with Gasteiger partial charge in [0.2, 0.25) is 10.0 Å². The van der Waals surface area contributed by atoms with Crippen molar-refractivity contribution in [2.24, 2.45) is 0 Å². The van der Waals surface area contributed by atoms with Crippen molar-refractivity contribution >= 4 is 28.4 Å². The molecule has 0 unspecified atom stereocenters. The number of ether oxygens (including phenoxy) is 1. The maximum atomic E-state index is 12.3. The van der Waals surface area contributed by atoms with E-state index >= 15 is 0 Å². The van der Waals surface area contributed by atoms with E-state index in [1.165, 1.54) is 57.1 Å². The molecule has 0 atom stereocenters. The monoisotopic (exact) mass is 390 g/mol. The predicted octanol–water partition coefficient (Wildman–Crippen LogP) is 2.49. The van der Waals surface area contributed by atoms with Gasteiger partial charge in [0.1, 0.15) is 0 Å². The summed E-state index contributed by atoms with van der Waals surface area (Å²) in [7, 11) is -2.37. The number of rotatable bonds is 7. The number of methoxy groups -OCH3 is 1. The van der Waals surface area contributed by atoms with Gasteiger partial charge in [0.05, 0.1) is 17.6 Å². The first kappa shape index (κ1) is 21.9. The smallest absolute Gasteiger partial charge is 0.337 e. The standard InChI is InChI=1S/C17H26N2O4S.ClH/c1-23-17(20)14-7-6-10-16(13-14)24(21,22)19-12-11-18-15-8-4-2-3-5-9-15;/h6-7,10,13,15,18-19H,2-5,8-9,11-12H2,1H3;1H. The van der Waals surface area contributed by atoms with Crippen LogP contribution in [0.2, 0.25) is 0 Å². The van der Waals surface area contributed by atoms with Crippen LogP contribution in [-0.4, -0.2) is 40.6 Å². The molecule has 0 aliphatic heterocycles. The molecular weight excluding hydrogens is 364 g/mol. The summed E-state index contributed by atoms with van der Waals surface area (Å²) in [5.41, 5.74) is 0.219. The van der Waals surface area contributed by atoms with E-state index in [4.69, 9.17) is 0 Å². The lowest BCUT2D eigenvalue weighted by atomic mass is 10.1. The van der Waals surface area contributed by atoms with Crippen molar-refractivity contribution in [1.82, 2.24) is 10.0 Å². The summed E-state index contributed by atoms with van der Waals surface area (Å²) in [6, 6.07) is 6.34. The summed E-state index contributed by atoms with van der Waals surface area (Å²) >= 11 is 0. The molecule has 0 spiro atoms. The van der Waals surface area contributed by atoms with Crippen molar-refractivity contribution in [3.63, 3.8) is 0 Å². The van der Waals surface area contributed by atoms with Gasteiger partial charge in [-0.05, 0) is 31.0 Å². The number of hydrogen-bond donors (Lipinski definition) is 2. The Morgan fingerprint density at radius 2 is 1.84 bits per heavy atom. The first-order valence-corrected chi connectivity index (χ1v) is 9.92. The number of nitrogens with one attached hydrogen (secondary N) is 2. The molecule has 1 aliphatic carbocycles. The molecule has 1 fully saturated rings. The molecule has 2 rings (SSSR count). The topological polar surface area (TPSA) is 84.5 Å². The normalized spacial score (nSPS) is 15.9. The number of benzene rings is 1. The average Bonchev–Trinajstić information content (AvgIpc) is 2.87. The van der Waals surface area contributed by atoms with Gasteiger partial charge in [-0.15, -0.1) is 12.4 Å². The number of hydrogen-bond acceptors (Lipinski definition) is 5. The SMILES string of the molecule is COC(=O)c1cccc(S(=O)(=O)NCCNC2CCCCCC2)c1.Cl. The molecule has 142 valence electrons. The molecule has 0 heterocycles. The highest BCUT2D eigenvalue weighted by molar-refractivity contribution is 7.89. The molecule has 1 aromatic rings. The third kappa shape index (κ3) is 6.93. The minimum atomic E-state index is -3.63. The summed E-state index contributed by atoms with van der Waals surface area (Å²) in [6.45, 7) is 0.919. The second-order valence-electron chi connectivity index (χ2n) is 6.06. The average molecular weight is 391 g/mol. The van der Waals surface area contributed by atoms with Crippen LogP contribution in [0.1, 0.15) is 48.9 Å². The number of carbonyl (C=O) groups is 1. The lowest BCUT2D eigenvalue weighted by Gasteiger charge is -2.16. The van der Waals surface area contributed by atoms with Crippen LogP contribution in [0.25, 0.3) is 0 Å². The minimum Gasteiger partial charge on any atom is -0.465 e. The van der Waals surface area contributed by atoms with Crippen LogP contribution in [-0.2, 0) is 14.8 Å². The van der Waals surface area contributed by atoms with Crippen LogP contribution >= 0.6 is 12.4 Å². The number of carbonyl (C=O) groups excluding carboxylic acids is 1. The lowest BCUT2D eigenvalue weighted by Crippen LogP contribution is -2.36. The Bertz CT molecular complexity index is 644. The number of esters is 1. The van der Waals surface area contributed by atoms with Gasteiger partial charge < -0.3 is 10.1 Å². The Balaban J connectivity index is 0.00000312. The Morgan fingerprint density at radius 3 is 2.48 bits per heavy atom. The molecule has 1 saturated carbocycles. The number of halogens is 1. The van der Waals surface area contributed by atoms with E-state index in [9.17, 15) is 13.2 Å². The van der Waals surface area contributed by atoms with E-state index < -0.39 is 16.0 Å². The lowest BCUT2D eigenvalue weighted by molar-refractivity contribution is 0.0600. The highest BCUT2D eigenvalue weighted by Crippen LogP contribution is 2.17. The van der Waals surface area contributed by atoms with E-state index in [2.05, 4.69) is 14.8 Å². The maximum Gasteiger partial charge on any atom is 0.337 e. The van der Waals surface area contributed by atoms with Gasteiger partial charge in [0, 0.05) is 19.1 Å². The van der Waals surface area contributed by atoms with Gasteiger partial charge >= 0.3 is 5.97 Å². The summed E-state index contributed by atoms with van der Waals surface area (Å²) in [6.07, 6.45) is 7.39. The highest BCUT2D eigenvalue weighted by Gasteiger charge is 2.16. The van der Waals surface area contributed by atoms with Crippen molar-refractivity contribution < 1.29 is 17.9 Å². The second kappa shape index (κ2) is 10.8. The predicted molar refractivity (Wildman–Crippen MR) is 99.7 cm³/mol. The molecule has 0 saturated heterocycles. The van der Waals surface area contributed by atoms with E-state index in [0.717, 1.165) is 12.8 Å². The molecule has 2 N–H and O–H groups in total. The van der Waals surface area contributed by atoms with Gasteiger partial charge in [0.15, 0.2) is 0 Å². The Labute approximate surface area is 156 Å². The van der Waals surface area contributed by atoms with E-state index in [-0.39, 0.29) is 22.9 Å². The molecular formula is C17H27ClN2O4S. The van der Waals surface area contributed by atoms with E-state index in [1.54, 1.807) is 0 Å². The molecule has 0 aromatic heterocycles. The third-order valence-corrected chi connectivity index (χ3v) is 5.73. The summed E-state index contributed by atoms with van der Waals surface area (Å²) in [5.74, 6) is -0.554. The van der Waals surface area contributed by atoms with Crippen LogP contribution in [0.3, 0.4) is 0 Å². The first-order chi connectivity index (χ1) is 11.5. The zero-order chi connectivity index (χ0) is 17.4. The fourth-order valence-corrected chi connectivity index (χ4v) is 4.01. The molecule has 0 bridgehead atoms. The van der Waals surface area contributed by atoms with Crippen molar-refractivity contribution in [3.05, 3.63) is 29.8 Å². The van der Waals surface area contributed by atoms with Gasteiger partial charge in [-0.3, -0.25) is 0 Å². The molecule has 25 heavy (non-hydrogen) atoms. The van der Waals surface area contributed by atoms with Crippen LogP contribution in [0.15, 0.2) is 29.2 Å². The van der Waals surface area contributed by atoms with Gasteiger partial charge in [-0.1, -0.05) is 31.7 Å². The van der Waals surface area contributed by atoms with Crippen molar-refractivity contribution in [2.45, 2.75) is 49.5 Å². The summed E-state index contributed by atoms with van der Waals surface area (Å²) < 4.78 is 31.8. The zero-order valence-corrected chi connectivity index (χ0v) is 16.1. The van der Waals surface area contributed by atoms with Gasteiger partial charge in [0.25, 0.3) is 0 Å². The fraction of sp³-hybridized carbons (Fsp3) is 0.588. The molecule has 1 aromatic carbocycles. The molecule has 6 nitrogen and oxygen atoms in total. The molecule has 8 heteroatoms. The molecule has 0 radical (unpaired) electrons. The minimum absolute atomic E-state index is 0. The van der Waals surface area contributed by atoms with Gasteiger partial charge in [-0.25, -0.2) is 17.9 Å². The molecule has 0 amide bonds. The largest absolute Gasteiger partial charge is 0.465 e. The highest BCUT2D eigenvalue weighted by atomic mass is 35.5. The number of sulfonamides is 1. The van der Waals surface area contributed by atoms with Crippen LogP contribution in [0, 0.1) is 0 Å². The second-order valence-corrected chi connectivity index (χ2v) is 7.83.